The van der Waals surface area contributed by atoms with E-state index >= 15 is 0 Å². The van der Waals surface area contributed by atoms with Crippen LogP contribution in [0.3, 0.4) is 0 Å². The maximum absolute atomic E-state index is 12.1. The fourth-order valence-electron chi connectivity index (χ4n) is 2.08. The zero-order valence-electron chi connectivity index (χ0n) is 9.62. The number of carbonyl (C=O) groups is 4. The number of hydrogen-bond donors (Lipinski definition) is 0. The van der Waals surface area contributed by atoms with E-state index in [4.69, 9.17) is 0 Å². The topological polar surface area (TPSA) is 71.5 Å². The summed E-state index contributed by atoms with van der Waals surface area (Å²) in [5, 5.41) is 0. The Labute approximate surface area is 107 Å². The van der Waals surface area contributed by atoms with E-state index in [0.717, 1.165) is 23.1 Å². The van der Waals surface area contributed by atoms with E-state index in [1.807, 2.05) is 0 Å². The lowest BCUT2D eigenvalue weighted by Crippen LogP contribution is -2.33. The molecule has 0 radical (unpaired) electrons. The molecule has 2 aliphatic rings. The first kappa shape index (κ1) is 11.3. The fraction of sp³-hybridized carbons (Fsp3) is 0. The maximum Gasteiger partial charge on any atom is 0.266 e. The van der Waals surface area contributed by atoms with Crippen LogP contribution in [0.1, 0.15) is 20.7 Å². The summed E-state index contributed by atoms with van der Waals surface area (Å²) in [6, 6.07) is 6.30. The summed E-state index contributed by atoms with van der Waals surface area (Å²) in [4.78, 5) is 48.0. The van der Waals surface area contributed by atoms with Crippen LogP contribution in [0.2, 0.25) is 0 Å². The molecule has 1 aliphatic carbocycles. The summed E-state index contributed by atoms with van der Waals surface area (Å²) < 4.78 is 0. The van der Waals surface area contributed by atoms with Gasteiger partial charge < -0.3 is 0 Å². The Morgan fingerprint density at radius 3 is 1.95 bits per heavy atom. The molecule has 0 N–H and O–H groups in total. The number of fused-ring (bicyclic) bond motifs is 1. The molecular weight excluding hydrogens is 246 g/mol. The quantitative estimate of drug-likeness (QED) is 0.550. The van der Waals surface area contributed by atoms with Crippen molar-refractivity contribution in [1.29, 1.82) is 0 Å². The van der Waals surface area contributed by atoms with Crippen LogP contribution in [0.4, 0.5) is 0 Å². The molecule has 1 aliphatic heterocycles. The molecular formula is C14H7NO4. The molecule has 19 heavy (non-hydrogen) atoms. The predicted octanol–water partition coefficient (Wildman–Crippen LogP) is 0.875. The van der Waals surface area contributed by atoms with Crippen LogP contribution in [0.25, 0.3) is 0 Å². The first-order valence-electron chi connectivity index (χ1n) is 5.55. The van der Waals surface area contributed by atoms with Crippen LogP contribution in [0.15, 0.2) is 48.2 Å². The largest absolute Gasteiger partial charge is 0.290 e. The Kier molecular flexibility index (Phi) is 2.28. The number of benzene rings is 1. The van der Waals surface area contributed by atoms with Crippen molar-refractivity contribution in [2.45, 2.75) is 0 Å². The lowest BCUT2D eigenvalue weighted by molar-refractivity contribution is -0.115. The maximum atomic E-state index is 12.1. The zero-order valence-corrected chi connectivity index (χ0v) is 9.62. The molecule has 1 heterocycles. The first-order chi connectivity index (χ1) is 9.09. The highest BCUT2D eigenvalue weighted by Crippen LogP contribution is 2.27. The number of hydrogen-bond acceptors (Lipinski definition) is 4. The van der Waals surface area contributed by atoms with Gasteiger partial charge in [0, 0.05) is 6.08 Å². The Morgan fingerprint density at radius 1 is 0.789 bits per heavy atom. The Morgan fingerprint density at radius 2 is 1.37 bits per heavy atom. The van der Waals surface area contributed by atoms with Gasteiger partial charge in [-0.15, -0.1) is 0 Å². The van der Waals surface area contributed by atoms with Crippen LogP contribution in [-0.2, 0) is 9.59 Å². The average molecular weight is 253 g/mol. The van der Waals surface area contributed by atoms with Gasteiger partial charge in [-0.2, -0.15) is 0 Å². The number of ketones is 2. The molecule has 0 spiro atoms. The van der Waals surface area contributed by atoms with Gasteiger partial charge in [-0.05, 0) is 24.3 Å². The summed E-state index contributed by atoms with van der Waals surface area (Å²) in [6.45, 7) is 0. The molecule has 0 aromatic heterocycles. The predicted molar refractivity (Wildman–Crippen MR) is 64.2 cm³/mol. The molecule has 0 bridgehead atoms. The molecule has 5 heteroatoms. The lowest BCUT2D eigenvalue weighted by Gasteiger charge is -2.16. The minimum Gasteiger partial charge on any atom is -0.290 e. The van der Waals surface area contributed by atoms with E-state index in [9.17, 15) is 19.2 Å². The third-order valence-corrected chi connectivity index (χ3v) is 2.97. The summed E-state index contributed by atoms with van der Waals surface area (Å²) in [5.74, 6) is -2.12. The van der Waals surface area contributed by atoms with Crippen LogP contribution in [0.5, 0.6) is 0 Å². The third-order valence-electron chi connectivity index (χ3n) is 2.97. The SMILES string of the molecule is O=C1C=CC(=O)C(N2C(=O)c3ccccc3C2=O)=C1. The molecule has 0 unspecified atom stereocenters. The molecule has 1 aromatic carbocycles. The van der Waals surface area contributed by atoms with Crippen molar-refractivity contribution in [2.75, 3.05) is 0 Å². The van der Waals surface area contributed by atoms with Crippen LogP contribution in [-0.4, -0.2) is 28.3 Å². The molecule has 2 amide bonds. The number of amides is 2. The van der Waals surface area contributed by atoms with Crippen molar-refractivity contribution >= 4 is 23.4 Å². The van der Waals surface area contributed by atoms with Crippen molar-refractivity contribution in [3.05, 3.63) is 59.3 Å². The summed E-state index contributed by atoms with van der Waals surface area (Å²) >= 11 is 0. The molecule has 92 valence electrons. The minimum absolute atomic E-state index is 0.196. The van der Waals surface area contributed by atoms with Gasteiger partial charge in [-0.3, -0.25) is 19.2 Å². The van der Waals surface area contributed by atoms with Crippen molar-refractivity contribution < 1.29 is 19.2 Å². The van der Waals surface area contributed by atoms with Gasteiger partial charge in [0.1, 0.15) is 5.70 Å². The third kappa shape index (κ3) is 1.55. The number of nitrogens with zero attached hydrogens (tertiary/aromatic N) is 1. The van der Waals surface area contributed by atoms with Crippen LogP contribution < -0.4 is 0 Å². The summed E-state index contributed by atoms with van der Waals surface area (Å²) in [5.41, 5.74) is 0.283. The molecule has 0 saturated carbocycles. The number of carbonyl (C=O) groups excluding carboxylic acids is 4. The Hall–Kier alpha value is -2.82. The van der Waals surface area contributed by atoms with Crippen molar-refractivity contribution in [1.82, 2.24) is 4.90 Å². The Bertz CT molecular complexity index is 677. The highest BCUT2D eigenvalue weighted by atomic mass is 16.2. The van der Waals surface area contributed by atoms with E-state index in [2.05, 4.69) is 0 Å². The molecule has 5 nitrogen and oxygen atoms in total. The second-order valence-electron chi connectivity index (χ2n) is 4.12. The van der Waals surface area contributed by atoms with Gasteiger partial charge in [0.2, 0.25) is 5.78 Å². The van der Waals surface area contributed by atoms with Crippen molar-refractivity contribution in [2.24, 2.45) is 0 Å². The van der Waals surface area contributed by atoms with Gasteiger partial charge in [0.05, 0.1) is 11.1 Å². The number of rotatable bonds is 1. The number of imide groups is 1. The van der Waals surface area contributed by atoms with Crippen LogP contribution in [0, 0.1) is 0 Å². The van der Waals surface area contributed by atoms with E-state index in [0.29, 0.717) is 0 Å². The summed E-state index contributed by atoms with van der Waals surface area (Å²) in [7, 11) is 0. The van der Waals surface area contributed by atoms with E-state index in [-0.39, 0.29) is 16.8 Å². The number of allylic oxidation sites excluding steroid dienone is 3. The average Bonchev–Trinajstić information content (AvgIpc) is 2.66. The molecule has 0 atom stereocenters. The molecule has 0 saturated heterocycles. The fourth-order valence-corrected chi connectivity index (χ4v) is 2.08. The van der Waals surface area contributed by atoms with Gasteiger partial charge >= 0.3 is 0 Å². The standard InChI is InChI=1S/C14H7NO4/c16-8-5-6-12(17)11(7-8)15-13(18)9-3-1-2-4-10(9)14(15)19/h1-7H. The van der Waals surface area contributed by atoms with E-state index in [1.54, 1.807) is 12.1 Å². The highest BCUT2D eigenvalue weighted by Gasteiger charge is 2.39. The Balaban J connectivity index is 2.10. The van der Waals surface area contributed by atoms with Gasteiger partial charge in [0.15, 0.2) is 5.78 Å². The van der Waals surface area contributed by atoms with Gasteiger partial charge in [-0.25, -0.2) is 4.90 Å². The normalized spacial score (nSPS) is 17.9. The minimum atomic E-state index is -0.580. The zero-order chi connectivity index (χ0) is 13.6. The first-order valence-corrected chi connectivity index (χ1v) is 5.55. The van der Waals surface area contributed by atoms with Gasteiger partial charge in [0.25, 0.3) is 11.8 Å². The monoisotopic (exact) mass is 253 g/mol. The van der Waals surface area contributed by atoms with Crippen molar-refractivity contribution in [3.63, 3.8) is 0 Å². The van der Waals surface area contributed by atoms with Crippen molar-refractivity contribution in [3.8, 4) is 0 Å². The van der Waals surface area contributed by atoms with Crippen LogP contribution >= 0.6 is 0 Å². The summed E-state index contributed by atoms with van der Waals surface area (Å²) in [6.07, 6.45) is 3.16. The van der Waals surface area contributed by atoms with E-state index in [1.165, 1.54) is 12.1 Å². The highest BCUT2D eigenvalue weighted by molar-refractivity contribution is 6.28. The molecule has 3 rings (SSSR count). The smallest absolute Gasteiger partial charge is 0.266 e. The van der Waals surface area contributed by atoms with E-state index < -0.39 is 23.4 Å². The molecule has 0 fully saturated rings. The second-order valence-corrected chi connectivity index (χ2v) is 4.12. The van der Waals surface area contributed by atoms with Gasteiger partial charge in [-0.1, -0.05) is 12.1 Å². The lowest BCUT2D eigenvalue weighted by atomic mass is 10.1. The molecule has 1 aromatic rings. The second kappa shape index (κ2) is 3.84.